The third-order valence-corrected chi connectivity index (χ3v) is 9.39. The highest BCUT2D eigenvalue weighted by atomic mass is 19.3. The molecular formula is C33H44F2N6O4. The van der Waals surface area contributed by atoms with Crippen molar-refractivity contribution < 1.29 is 28.2 Å². The summed E-state index contributed by atoms with van der Waals surface area (Å²) in [6.45, 7) is 2.23. The van der Waals surface area contributed by atoms with Gasteiger partial charge in [-0.05, 0) is 75.8 Å². The van der Waals surface area contributed by atoms with Gasteiger partial charge in [0.25, 0.3) is 6.43 Å². The lowest BCUT2D eigenvalue weighted by Crippen LogP contribution is -2.40. The fourth-order valence-electron chi connectivity index (χ4n) is 6.86. The minimum Gasteiger partial charge on any atom is -0.474 e. The van der Waals surface area contributed by atoms with Crippen LogP contribution in [0.4, 0.5) is 14.7 Å². The number of carbonyl (C=O) groups is 1. The van der Waals surface area contributed by atoms with Gasteiger partial charge < -0.3 is 24.8 Å². The monoisotopic (exact) mass is 626 g/mol. The second-order valence-electron chi connectivity index (χ2n) is 12.6. The van der Waals surface area contributed by atoms with Gasteiger partial charge in [-0.3, -0.25) is 9.36 Å². The Morgan fingerprint density at radius 2 is 1.76 bits per heavy atom. The molecule has 45 heavy (non-hydrogen) atoms. The van der Waals surface area contributed by atoms with Crippen LogP contribution in [0.2, 0.25) is 0 Å². The maximum atomic E-state index is 14.2. The summed E-state index contributed by atoms with van der Waals surface area (Å²) in [5, 5.41) is 12.9. The molecule has 3 heterocycles. The summed E-state index contributed by atoms with van der Waals surface area (Å²) < 4.78 is 41.6. The van der Waals surface area contributed by atoms with Crippen LogP contribution in [0.3, 0.4) is 0 Å². The second-order valence-corrected chi connectivity index (χ2v) is 12.6. The number of hydrogen-bond donors (Lipinski definition) is 2. The highest BCUT2D eigenvalue weighted by Gasteiger charge is 2.27. The van der Waals surface area contributed by atoms with Gasteiger partial charge in [-0.2, -0.15) is 9.97 Å². The minimum absolute atomic E-state index is 0.108. The number of para-hydroxylation sites is 2. The van der Waals surface area contributed by atoms with Crippen molar-refractivity contribution in [3.05, 3.63) is 36.2 Å². The fraction of sp³-hybridized carbons (Fsp3) is 0.636. The summed E-state index contributed by atoms with van der Waals surface area (Å²) in [4.78, 5) is 28.2. The summed E-state index contributed by atoms with van der Waals surface area (Å²) in [5.41, 5.74) is 1.00. The van der Waals surface area contributed by atoms with E-state index in [1.165, 1.54) is 4.57 Å². The van der Waals surface area contributed by atoms with Crippen LogP contribution in [-0.2, 0) is 9.53 Å². The van der Waals surface area contributed by atoms with Gasteiger partial charge in [0, 0.05) is 31.6 Å². The van der Waals surface area contributed by atoms with Gasteiger partial charge in [0.05, 0.1) is 30.4 Å². The number of hydrogen-bond acceptors (Lipinski definition) is 8. The van der Waals surface area contributed by atoms with E-state index in [1.54, 1.807) is 30.3 Å². The van der Waals surface area contributed by atoms with Crippen molar-refractivity contribution in [2.24, 2.45) is 5.92 Å². The lowest BCUT2D eigenvalue weighted by atomic mass is 9.84. The number of unbranched alkanes of at least 4 members (excludes halogenated alkanes) is 1. The van der Waals surface area contributed by atoms with Crippen LogP contribution in [0.1, 0.15) is 89.3 Å². The maximum Gasteiger partial charge on any atom is 0.296 e. The molecule has 3 aromatic rings. The molecule has 2 saturated carbocycles. The molecule has 1 amide bonds. The molecule has 2 aliphatic carbocycles. The molecule has 6 rings (SSSR count). The predicted molar refractivity (Wildman–Crippen MR) is 166 cm³/mol. The molecule has 1 aromatic carbocycles. The summed E-state index contributed by atoms with van der Waals surface area (Å²) in [6, 6.07) is 8.76. The van der Waals surface area contributed by atoms with E-state index in [2.05, 4.69) is 10.3 Å². The SMILES string of the molecule is O=C(CCCC[C@H]1CC[C@H](O)CC1)N[C@H]1CC[C@H](Oc2cc(-n3c(C(F)F)nc4ccccc43)nc(N3CCOCC3)n2)CC1. The first-order valence-corrected chi connectivity index (χ1v) is 16.5. The van der Waals surface area contributed by atoms with E-state index in [9.17, 15) is 18.7 Å². The van der Waals surface area contributed by atoms with Crippen LogP contribution in [0.5, 0.6) is 5.88 Å². The van der Waals surface area contributed by atoms with E-state index in [-0.39, 0.29) is 35.8 Å². The van der Waals surface area contributed by atoms with Crippen LogP contribution < -0.4 is 15.0 Å². The van der Waals surface area contributed by atoms with Gasteiger partial charge in [-0.1, -0.05) is 25.0 Å². The molecule has 0 atom stereocenters. The van der Waals surface area contributed by atoms with E-state index >= 15 is 0 Å². The number of nitrogens with zero attached hydrogens (tertiary/aromatic N) is 5. The van der Waals surface area contributed by atoms with Crippen molar-refractivity contribution in [1.29, 1.82) is 0 Å². The van der Waals surface area contributed by atoms with Gasteiger partial charge in [0.1, 0.15) is 11.9 Å². The first kappa shape index (κ1) is 31.6. The van der Waals surface area contributed by atoms with Crippen molar-refractivity contribution in [2.75, 3.05) is 31.2 Å². The first-order chi connectivity index (χ1) is 21.9. The molecule has 1 saturated heterocycles. The summed E-state index contributed by atoms with van der Waals surface area (Å²) >= 11 is 0. The van der Waals surface area contributed by atoms with Crippen molar-refractivity contribution >= 4 is 22.9 Å². The normalized spacial score (nSPS) is 24.2. The van der Waals surface area contributed by atoms with E-state index in [1.807, 2.05) is 4.90 Å². The number of ether oxygens (including phenoxy) is 2. The quantitative estimate of drug-likeness (QED) is 0.268. The average molecular weight is 627 g/mol. The lowest BCUT2D eigenvalue weighted by molar-refractivity contribution is -0.122. The van der Waals surface area contributed by atoms with Gasteiger partial charge in [0.2, 0.25) is 17.7 Å². The Bertz CT molecular complexity index is 1420. The number of carbonyl (C=O) groups excluding carboxylic acids is 1. The maximum absolute atomic E-state index is 14.2. The number of rotatable bonds is 11. The standard InChI is InChI=1S/C33H44F2N6O4/c34-31(35)32-37-26-6-2-3-7-27(26)41(32)28-21-30(39-33(38-28)40-17-19-44-20-18-40)45-25-15-11-23(12-16-25)36-29(43)8-4-1-5-22-9-13-24(42)14-10-22/h2-3,6-7,21-25,31,42H,1,4-5,8-20H2,(H,36,43)/t22-,23-,24-,25-. The third kappa shape index (κ3) is 8.07. The Kier molecular flexibility index (Phi) is 10.4. The van der Waals surface area contributed by atoms with Gasteiger partial charge in [-0.25, -0.2) is 13.8 Å². The number of morpholine rings is 1. The van der Waals surface area contributed by atoms with Crippen molar-refractivity contribution in [3.63, 3.8) is 0 Å². The minimum atomic E-state index is -2.79. The van der Waals surface area contributed by atoms with E-state index in [0.717, 1.165) is 70.6 Å². The van der Waals surface area contributed by atoms with Gasteiger partial charge in [-0.15, -0.1) is 0 Å². The number of fused-ring (bicyclic) bond motifs is 1. The number of aliphatic hydroxyl groups excluding tert-OH is 1. The number of amides is 1. The Balaban J connectivity index is 1.07. The molecule has 0 radical (unpaired) electrons. The zero-order valence-corrected chi connectivity index (χ0v) is 25.8. The number of benzene rings is 1. The molecule has 0 unspecified atom stereocenters. The molecule has 10 nitrogen and oxygen atoms in total. The third-order valence-electron chi connectivity index (χ3n) is 9.39. The van der Waals surface area contributed by atoms with Gasteiger partial charge in [0.15, 0.2) is 5.82 Å². The molecule has 1 aliphatic heterocycles. The molecule has 0 spiro atoms. The molecule has 0 bridgehead atoms. The first-order valence-electron chi connectivity index (χ1n) is 16.5. The van der Waals surface area contributed by atoms with Gasteiger partial charge >= 0.3 is 0 Å². The number of alkyl halides is 2. The fourth-order valence-corrected chi connectivity index (χ4v) is 6.86. The number of halogens is 2. The zero-order valence-electron chi connectivity index (χ0n) is 25.8. The molecular weight excluding hydrogens is 582 g/mol. The van der Waals surface area contributed by atoms with Crippen molar-refractivity contribution in [3.8, 4) is 11.7 Å². The van der Waals surface area contributed by atoms with Crippen LogP contribution in [0, 0.1) is 5.92 Å². The molecule has 12 heteroatoms. The zero-order chi connectivity index (χ0) is 31.2. The van der Waals surface area contributed by atoms with Crippen LogP contribution in [0.25, 0.3) is 16.9 Å². The molecule has 3 aliphatic rings. The summed E-state index contributed by atoms with van der Waals surface area (Å²) in [6.07, 6.45) is 7.73. The van der Waals surface area contributed by atoms with E-state index in [4.69, 9.17) is 19.4 Å². The van der Waals surface area contributed by atoms with Crippen LogP contribution in [0.15, 0.2) is 30.3 Å². The number of nitrogens with one attached hydrogen (secondary N) is 1. The molecule has 2 aromatic heterocycles. The Labute approximate surface area is 262 Å². The number of aliphatic hydroxyl groups is 1. The highest BCUT2D eigenvalue weighted by molar-refractivity contribution is 5.78. The summed E-state index contributed by atoms with van der Waals surface area (Å²) in [5.74, 6) is 1.45. The van der Waals surface area contributed by atoms with Crippen LogP contribution >= 0.6 is 0 Å². The Morgan fingerprint density at radius 3 is 2.51 bits per heavy atom. The largest absolute Gasteiger partial charge is 0.474 e. The predicted octanol–water partition coefficient (Wildman–Crippen LogP) is 5.51. The molecule has 244 valence electrons. The molecule has 3 fully saturated rings. The van der Waals surface area contributed by atoms with E-state index < -0.39 is 6.43 Å². The highest BCUT2D eigenvalue weighted by Crippen LogP contribution is 2.31. The Morgan fingerprint density at radius 1 is 1.00 bits per heavy atom. The topological polar surface area (TPSA) is 115 Å². The number of imidazole rings is 1. The lowest BCUT2D eigenvalue weighted by Gasteiger charge is -2.30. The smallest absolute Gasteiger partial charge is 0.296 e. The molecule has 2 N–H and O–H groups in total. The van der Waals surface area contributed by atoms with Crippen LogP contribution in [-0.4, -0.2) is 75.1 Å². The summed E-state index contributed by atoms with van der Waals surface area (Å²) in [7, 11) is 0. The number of anilines is 1. The number of aromatic nitrogens is 4. The van der Waals surface area contributed by atoms with Crippen molar-refractivity contribution in [2.45, 2.75) is 102 Å². The van der Waals surface area contributed by atoms with E-state index in [0.29, 0.717) is 61.5 Å². The average Bonchev–Trinajstić information content (AvgIpc) is 3.46. The Hall–Kier alpha value is -3.38. The second kappa shape index (κ2) is 14.8. The van der Waals surface area contributed by atoms with Crippen molar-refractivity contribution in [1.82, 2.24) is 24.8 Å².